The third-order valence-corrected chi connectivity index (χ3v) is 6.46. The van der Waals surface area contributed by atoms with Crippen LogP contribution in [-0.4, -0.2) is 82.0 Å². The molecular formula is C14H17N5O6S2. The number of fused-ring (bicyclic) bond motifs is 1. The minimum absolute atomic E-state index is 0.0800. The van der Waals surface area contributed by atoms with Gasteiger partial charge in [0, 0.05) is 18.2 Å². The van der Waals surface area contributed by atoms with Crippen LogP contribution in [0.3, 0.4) is 0 Å². The predicted molar refractivity (Wildman–Crippen MR) is 97.3 cm³/mol. The molecule has 0 bridgehead atoms. The van der Waals surface area contributed by atoms with E-state index in [1.54, 1.807) is 5.38 Å². The van der Waals surface area contributed by atoms with Gasteiger partial charge in [0.05, 0.1) is 6.54 Å². The average Bonchev–Trinajstić information content (AvgIpc) is 3.08. The largest absolute Gasteiger partial charge is 0.479 e. The zero-order valence-electron chi connectivity index (χ0n) is 14.4. The summed E-state index contributed by atoms with van der Waals surface area (Å²) in [5.74, 6) is -2.01. The second-order valence-corrected chi connectivity index (χ2v) is 7.81. The van der Waals surface area contributed by atoms with Crippen molar-refractivity contribution in [3.8, 4) is 0 Å². The third kappa shape index (κ3) is 3.33. The van der Waals surface area contributed by atoms with E-state index in [1.165, 1.54) is 30.9 Å². The summed E-state index contributed by atoms with van der Waals surface area (Å²) in [6.07, 6.45) is 0. The van der Waals surface area contributed by atoms with Crippen LogP contribution in [0, 0.1) is 0 Å². The molecule has 2 aliphatic rings. The number of thioether (sulfide) groups is 1. The number of carbonyl (C=O) groups excluding carboxylic acids is 2. The van der Waals surface area contributed by atoms with Crippen molar-refractivity contribution in [2.75, 3.05) is 32.3 Å². The third-order valence-electron chi connectivity index (χ3n) is 4.28. The highest BCUT2D eigenvalue weighted by Gasteiger charge is 2.58. The number of β-lactam (4-membered cyclic amide) rings is 1. The number of oxime groups is 1. The summed E-state index contributed by atoms with van der Waals surface area (Å²) in [5.41, 5.74) is 4.26. The van der Waals surface area contributed by atoms with Gasteiger partial charge < -0.3 is 30.6 Å². The molecule has 27 heavy (non-hydrogen) atoms. The van der Waals surface area contributed by atoms with Crippen molar-refractivity contribution in [2.45, 2.75) is 17.0 Å². The molecule has 0 spiro atoms. The summed E-state index contributed by atoms with van der Waals surface area (Å²) < 4.78 is 5.13. The van der Waals surface area contributed by atoms with Gasteiger partial charge in [-0.05, 0) is 0 Å². The van der Waals surface area contributed by atoms with Gasteiger partial charge in [-0.25, -0.2) is 9.78 Å². The lowest BCUT2D eigenvalue weighted by atomic mass is 9.99. The lowest BCUT2D eigenvalue weighted by Gasteiger charge is -2.53. The average molecular weight is 415 g/mol. The first-order chi connectivity index (χ1) is 12.8. The van der Waals surface area contributed by atoms with E-state index in [1.807, 2.05) is 0 Å². The van der Waals surface area contributed by atoms with Gasteiger partial charge in [0.25, 0.3) is 5.91 Å². The van der Waals surface area contributed by atoms with E-state index < -0.39 is 29.4 Å². The second-order valence-electron chi connectivity index (χ2n) is 5.82. The van der Waals surface area contributed by atoms with Crippen molar-refractivity contribution in [3.63, 3.8) is 0 Å². The molecule has 13 heteroatoms. The molecule has 2 aliphatic heterocycles. The van der Waals surface area contributed by atoms with E-state index in [9.17, 15) is 19.5 Å². The van der Waals surface area contributed by atoms with Crippen molar-refractivity contribution in [2.24, 2.45) is 5.16 Å². The molecule has 11 nitrogen and oxygen atoms in total. The van der Waals surface area contributed by atoms with Crippen LogP contribution in [0.2, 0.25) is 0 Å². The number of amides is 2. The van der Waals surface area contributed by atoms with Crippen molar-refractivity contribution >= 4 is 51.7 Å². The predicted octanol–water partition coefficient (Wildman–Crippen LogP) is -1.05. The molecule has 3 atom stereocenters. The van der Waals surface area contributed by atoms with Crippen LogP contribution in [-0.2, 0) is 24.0 Å². The normalized spacial score (nSPS) is 27.6. The van der Waals surface area contributed by atoms with Crippen molar-refractivity contribution in [3.05, 3.63) is 11.1 Å². The standard InChI is InChI=1S/C14H17N5O6S2/c1-24-14(12(22)23)4-19-10(21)8(11(19)27-5-14)17-9(20)7(18-25-2)6-3-26-13(15)16-6/h3,8,11H,4-5H2,1-2H3,(H2,15,16)(H,17,20)(H,22,23)/t8?,11-,14?/m1/s1. The van der Waals surface area contributed by atoms with Crippen molar-refractivity contribution < 1.29 is 29.1 Å². The van der Waals surface area contributed by atoms with Gasteiger partial charge in [0.1, 0.15) is 24.2 Å². The number of nitrogens with one attached hydrogen (secondary N) is 1. The topological polar surface area (TPSA) is 156 Å². The maximum absolute atomic E-state index is 12.6. The number of nitrogens with zero attached hydrogens (tertiary/aromatic N) is 3. The number of carboxylic acids is 1. The minimum Gasteiger partial charge on any atom is -0.479 e. The molecule has 0 saturated carbocycles. The smallest absolute Gasteiger partial charge is 0.338 e. The second kappa shape index (κ2) is 7.32. The lowest BCUT2D eigenvalue weighted by Crippen LogP contribution is -2.75. The highest BCUT2D eigenvalue weighted by Crippen LogP contribution is 2.39. The summed E-state index contributed by atoms with van der Waals surface area (Å²) in [7, 11) is 2.58. The van der Waals surface area contributed by atoms with Crippen LogP contribution in [0.25, 0.3) is 0 Å². The van der Waals surface area contributed by atoms with E-state index >= 15 is 0 Å². The first kappa shape index (κ1) is 19.4. The van der Waals surface area contributed by atoms with Gasteiger partial charge in [-0.15, -0.1) is 23.1 Å². The maximum Gasteiger partial charge on any atom is 0.338 e. The van der Waals surface area contributed by atoms with E-state index in [4.69, 9.17) is 15.3 Å². The minimum atomic E-state index is -1.45. The summed E-state index contributed by atoms with van der Waals surface area (Å²) in [6, 6.07) is -0.802. The molecule has 0 radical (unpaired) electrons. The molecule has 2 saturated heterocycles. The molecule has 0 aliphatic carbocycles. The van der Waals surface area contributed by atoms with Gasteiger partial charge in [-0.2, -0.15) is 0 Å². The summed E-state index contributed by atoms with van der Waals surface area (Å²) in [4.78, 5) is 46.5. The van der Waals surface area contributed by atoms with Gasteiger partial charge in [0.2, 0.25) is 5.91 Å². The zero-order valence-corrected chi connectivity index (χ0v) is 16.0. The fraction of sp³-hybridized carbons (Fsp3) is 0.500. The monoisotopic (exact) mass is 415 g/mol. The zero-order chi connectivity index (χ0) is 19.8. The lowest BCUT2D eigenvalue weighted by molar-refractivity contribution is -0.170. The van der Waals surface area contributed by atoms with Gasteiger partial charge >= 0.3 is 5.97 Å². The maximum atomic E-state index is 12.6. The Balaban J connectivity index is 1.71. The number of nitrogen functional groups attached to an aromatic ring is 1. The van der Waals surface area contributed by atoms with E-state index in [2.05, 4.69) is 15.5 Å². The number of carbonyl (C=O) groups is 3. The number of methoxy groups -OCH3 is 1. The number of hydrogen-bond acceptors (Lipinski definition) is 10. The molecular weight excluding hydrogens is 398 g/mol. The van der Waals surface area contributed by atoms with Crippen molar-refractivity contribution in [1.29, 1.82) is 0 Å². The molecule has 2 fully saturated rings. The number of aliphatic carboxylic acids is 1. The molecule has 3 rings (SSSR count). The number of anilines is 1. The Morgan fingerprint density at radius 2 is 2.26 bits per heavy atom. The van der Waals surface area contributed by atoms with Crippen LogP contribution >= 0.6 is 23.1 Å². The first-order valence-corrected chi connectivity index (χ1v) is 9.60. The van der Waals surface area contributed by atoms with Gasteiger partial charge in [-0.3, -0.25) is 9.59 Å². The van der Waals surface area contributed by atoms with Crippen LogP contribution in [0.1, 0.15) is 5.69 Å². The fourth-order valence-electron chi connectivity index (χ4n) is 2.79. The van der Waals surface area contributed by atoms with Gasteiger partial charge in [-0.1, -0.05) is 5.16 Å². The SMILES string of the molecule is CON=C(C(=O)NC1C(=O)N2CC(OC)(C(=O)O)CS[C@H]12)c1csc(N)n1. The summed E-state index contributed by atoms with van der Waals surface area (Å²) in [6.45, 7) is -0.0800. The molecule has 2 unspecified atom stereocenters. The number of carboxylic acid groups (broad SMARTS) is 1. The van der Waals surface area contributed by atoms with E-state index in [-0.39, 0.29) is 34.2 Å². The van der Waals surface area contributed by atoms with Crippen LogP contribution in [0.15, 0.2) is 10.5 Å². The Kier molecular flexibility index (Phi) is 5.26. The first-order valence-electron chi connectivity index (χ1n) is 7.67. The number of aromatic nitrogens is 1. The summed E-state index contributed by atoms with van der Waals surface area (Å²) in [5, 5.41) is 17.1. The Labute approximate surface area is 161 Å². The Bertz CT molecular complexity index is 814. The molecule has 1 aromatic rings. The number of ether oxygens (including phenoxy) is 1. The number of hydrogen-bond donors (Lipinski definition) is 3. The highest BCUT2D eigenvalue weighted by molar-refractivity contribution is 8.00. The van der Waals surface area contributed by atoms with Crippen LogP contribution in [0.4, 0.5) is 5.13 Å². The number of thiazole rings is 1. The number of rotatable bonds is 6. The quantitative estimate of drug-likeness (QED) is 0.299. The molecule has 4 N–H and O–H groups in total. The molecule has 0 aromatic carbocycles. The molecule has 146 valence electrons. The molecule has 2 amide bonds. The van der Waals surface area contributed by atoms with Crippen LogP contribution in [0.5, 0.6) is 0 Å². The Morgan fingerprint density at radius 1 is 1.52 bits per heavy atom. The fourth-order valence-corrected chi connectivity index (χ4v) is 4.85. The number of nitrogens with two attached hydrogens (primary N) is 1. The van der Waals surface area contributed by atoms with Crippen LogP contribution < -0.4 is 11.1 Å². The Hall–Kier alpha value is -2.38. The molecule has 1 aromatic heterocycles. The van der Waals surface area contributed by atoms with E-state index in [0.717, 1.165) is 11.3 Å². The van der Waals surface area contributed by atoms with Crippen molar-refractivity contribution in [1.82, 2.24) is 15.2 Å². The van der Waals surface area contributed by atoms with E-state index in [0.29, 0.717) is 0 Å². The highest BCUT2D eigenvalue weighted by atomic mass is 32.2. The Morgan fingerprint density at radius 3 is 2.81 bits per heavy atom. The van der Waals surface area contributed by atoms with Gasteiger partial charge in [0.15, 0.2) is 16.4 Å². The summed E-state index contributed by atoms with van der Waals surface area (Å²) >= 11 is 2.37. The molecule has 3 heterocycles.